The monoisotopic (exact) mass is 282 g/mol. The zero-order valence-corrected chi connectivity index (χ0v) is 11.7. The van der Waals surface area contributed by atoms with Crippen LogP contribution in [0, 0.1) is 0 Å². The average molecular weight is 283 g/mol. The van der Waals surface area contributed by atoms with Gasteiger partial charge in [0.2, 0.25) is 0 Å². The second-order valence-corrected chi connectivity index (χ2v) is 5.66. The molecule has 2 unspecified atom stereocenters. The van der Waals surface area contributed by atoms with Gasteiger partial charge in [-0.05, 0) is 49.5 Å². The smallest absolute Gasteiger partial charge is 0.320 e. The van der Waals surface area contributed by atoms with Gasteiger partial charge in [-0.25, -0.2) is 0 Å². The van der Waals surface area contributed by atoms with Gasteiger partial charge in [0.15, 0.2) is 0 Å². The molecule has 0 aromatic heterocycles. The van der Waals surface area contributed by atoms with Crippen molar-refractivity contribution in [2.24, 2.45) is 5.73 Å². The molecule has 0 radical (unpaired) electrons. The Balaban J connectivity index is 2.11. The van der Waals surface area contributed by atoms with Crippen molar-refractivity contribution in [3.05, 3.63) is 34.3 Å². The van der Waals surface area contributed by atoms with E-state index >= 15 is 0 Å². The number of likely N-dealkylation sites (tertiary alicyclic amines) is 1. The van der Waals surface area contributed by atoms with E-state index in [1.807, 2.05) is 18.2 Å². The number of halogens is 1. The highest BCUT2D eigenvalue weighted by atomic mass is 35.5. The molecule has 1 aromatic carbocycles. The van der Waals surface area contributed by atoms with Gasteiger partial charge in [0.05, 0.1) is 0 Å². The third kappa shape index (κ3) is 3.47. The number of carboxylic acids is 1. The predicted molar refractivity (Wildman–Crippen MR) is 75.6 cm³/mol. The lowest BCUT2D eigenvalue weighted by Crippen LogP contribution is -2.32. The first-order valence-corrected chi connectivity index (χ1v) is 6.80. The third-order valence-electron chi connectivity index (χ3n) is 3.67. The van der Waals surface area contributed by atoms with Crippen LogP contribution in [0.15, 0.2) is 18.2 Å². The van der Waals surface area contributed by atoms with Crippen LogP contribution in [0.3, 0.4) is 0 Å². The number of rotatable bonds is 4. The van der Waals surface area contributed by atoms with Crippen molar-refractivity contribution in [1.29, 1.82) is 0 Å². The molecule has 0 spiro atoms. The summed E-state index contributed by atoms with van der Waals surface area (Å²) in [5.74, 6) is -0.516. The van der Waals surface area contributed by atoms with E-state index in [-0.39, 0.29) is 0 Å². The minimum absolute atomic E-state index is 0.305. The van der Waals surface area contributed by atoms with Crippen molar-refractivity contribution in [2.45, 2.75) is 24.8 Å². The summed E-state index contributed by atoms with van der Waals surface area (Å²) in [7, 11) is 2.11. The first kappa shape index (κ1) is 14.3. The van der Waals surface area contributed by atoms with Crippen LogP contribution in [-0.2, 0) is 11.2 Å². The van der Waals surface area contributed by atoms with Gasteiger partial charge in [0.25, 0.3) is 0 Å². The fraction of sp³-hybridized carbons (Fsp3) is 0.500. The van der Waals surface area contributed by atoms with E-state index in [1.54, 1.807) is 0 Å². The Morgan fingerprint density at radius 1 is 1.63 bits per heavy atom. The maximum Gasteiger partial charge on any atom is 0.320 e. The van der Waals surface area contributed by atoms with Crippen LogP contribution in [-0.4, -0.2) is 42.2 Å². The van der Waals surface area contributed by atoms with Gasteiger partial charge in [0.1, 0.15) is 6.04 Å². The van der Waals surface area contributed by atoms with Crippen molar-refractivity contribution >= 4 is 17.6 Å². The van der Waals surface area contributed by atoms with Gasteiger partial charge in [-0.2, -0.15) is 0 Å². The molecule has 2 rings (SSSR count). The molecule has 0 bridgehead atoms. The summed E-state index contributed by atoms with van der Waals surface area (Å²) in [4.78, 5) is 13.0. The van der Waals surface area contributed by atoms with E-state index < -0.39 is 12.0 Å². The van der Waals surface area contributed by atoms with E-state index in [1.165, 1.54) is 0 Å². The molecule has 1 aliphatic heterocycles. The van der Waals surface area contributed by atoms with Gasteiger partial charge >= 0.3 is 5.97 Å². The van der Waals surface area contributed by atoms with E-state index in [4.69, 9.17) is 22.4 Å². The molecule has 0 saturated carbocycles. The lowest BCUT2D eigenvalue weighted by Gasteiger charge is -2.14. The van der Waals surface area contributed by atoms with Crippen molar-refractivity contribution < 1.29 is 9.90 Å². The van der Waals surface area contributed by atoms with Crippen molar-refractivity contribution in [3.8, 4) is 0 Å². The molecule has 3 N–H and O–H groups in total. The van der Waals surface area contributed by atoms with E-state index in [2.05, 4.69) is 11.9 Å². The molecular formula is C14H19ClN2O2. The number of nitrogens with zero attached hydrogens (tertiary/aromatic N) is 1. The second-order valence-electron chi connectivity index (χ2n) is 5.25. The molecule has 0 aliphatic carbocycles. The Kier molecular flexibility index (Phi) is 4.45. The molecule has 2 atom stereocenters. The number of hydrogen-bond acceptors (Lipinski definition) is 3. The Labute approximate surface area is 118 Å². The highest BCUT2D eigenvalue weighted by molar-refractivity contribution is 6.31. The molecule has 1 saturated heterocycles. The Morgan fingerprint density at radius 2 is 2.37 bits per heavy atom. The summed E-state index contributed by atoms with van der Waals surface area (Å²) in [5, 5.41) is 9.52. The summed E-state index contributed by atoms with van der Waals surface area (Å²) >= 11 is 6.31. The zero-order valence-electron chi connectivity index (χ0n) is 11.0. The van der Waals surface area contributed by atoms with Gasteiger partial charge in [0, 0.05) is 11.6 Å². The highest BCUT2D eigenvalue weighted by Gasteiger charge is 2.23. The number of aliphatic carboxylic acids is 1. The predicted octanol–water partition coefficient (Wildman–Crippen LogP) is 1.71. The second kappa shape index (κ2) is 5.90. The third-order valence-corrected chi connectivity index (χ3v) is 4.00. The van der Waals surface area contributed by atoms with Crippen LogP contribution < -0.4 is 5.73 Å². The van der Waals surface area contributed by atoms with E-state index in [0.29, 0.717) is 12.3 Å². The van der Waals surface area contributed by atoms with Crippen molar-refractivity contribution in [1.82, 2.24) is 4.90 Å². The molecular weight excluding hydrogens is 264 g/mol. The van der Waals surface area contributed by atoms with Gasteiger partial charge in [-0.3, -0.25) is 4.79 Å². The molecule has 19 heavy (non-hydrogen) atoms. The number of hydrogen-bond donors (Lipinski definition) is 2. The van der Waals surface area contributed by atoms with Crippen molar-refractivity contribution in [3.63, 3.8) is 0 Å². The Hall–Kier alpha value is -1.10. The minimum Gasteiger partial charge on any atom is -0.480 e. The van der Waals surface area contributed by atoms with Crippen molar-refractivity contribution in [2.75, 3.05) is 20.1 Å². The van der Waals surface area contributed by atoms with Crippen LogP contribution in [0.1, 0.15) is 23.5 Å². The quantitative estimate of drug-likeness (QED) is 0.882. The van der Waals surface area contributed by atoms with E-state index in [0.717, 1.165) is 35.7 Å². The lowest BCUT2D eigenvalue weighted by molar-refractivity contribution is -0.138. The van der Waals surface area contributed by atoms with Crippen LogP contribution in [0.2, 0.25) is 5.02 Å². The zero-order chi connectivity index (χ0) is 14.0. The van der Waals surface area contributed by atoms with Crippen LogP contribution >= 0.6 is 11.6 Å². The summed E-state index contributed by atoms with van der Waals surface area (Å²) in [6, 6.07) is 4.91. The standard InChI is InChI=1S/C14H19ClN2O2/c1-17-5-4-10(8-17)11-3-2-9(6-12(11)15)7-13(16)14(18)19/h2-3,6,10,13H,4-5,7-8,16H2,1H3,(H,18,19). The summed E-state index contributed by atoms with van der Waals surface area (Å²) in [6.45, 7) is 2.11. The van der Waals surface area contributed by atoms with E-state index in [9.17, 15) is 4.79 Å². The topological polar surface area (TPSA) is 66.6 Å². The fourth-order valence-corrected chi connectivity index (χ4v) is 2.92. The maximum atomic E-state index is 10.7. The number of carbonyl (C=O) groups is 1. The number of carboxylic acid groups (broad SMARTS) is 1. The van der Waals surface area contributed by atoms with Gasteiger partial charge in [-0.1, -0.05) is 23.7 Å². The first-order valence-electron chi connectivity index (χ1n) is 6.42. The Morgan fingerprint density at radius 3 is 2.89 bits per heavy atom. The van der Waals surface area contributed by atoms with Crippen LogP contribution in [0.4, 0.5) is 0 Å². The number of nitrogens with two attached hydrogens (primary N) is 1. The molecule has 0 amide bonds. The SMILES string of the molecule is CN1CCC(c2ccc(CC(N)C(=O)O)cc2Cl)C1. The summed E-state index contributed by atoms with van der Waals surface area (Å²) < 4.78 is 0. The molecule has 104 valence electrons. The summed E-state index contributed by atoms with van der Waals surface area (Å²) in [6.07, 6.45) is 1.42. The Bertz CT molecular complexity index is 479. The number of likely N-dealkylation sites (N-methyl/N-ethyl adjacent to an activating group) is 1. The fourth-order valence-electron chi connectivity index (χ4n) is 2.56. The average Bonchev–Trinajstić information content (AvgIpc) is 2.75. The minimum atomic E-state index is -0.988. The molecule has 4 nitrogen and oxygen atoms in total. The van der Waals surface area contributed by atoms with Gasteiger partial charge in [-0.15, -0.1) is 0 Å². The number of benzene rings is 1. The molecule has 5 heteroatoms. The van der Waals surface area contributed by atoms with Gasteiger partial charge < -0.3 is 15.7 Å². The first-order chi connectivity index (χ1) is 8.97. The van der Waals surface area contributed by atoms with Crippen LogP contribution in [0.5, 0.6) is 0 Å². The molecule has 1 aliphatic rings. The molecule has 1 heterocycles. The normalized spacial score (nSPS) is 21.5. The lowest BCUT2D eigenvalue weighted by atomic mass is 9.96. The molecule has 1 aromatic rings. The molecule has 1 fully saturated rings. The highest BCUT2D eigenvalue weighted by Crippen LogP contribution is 2.32. The van der Waals surface area contributed by atoms with Crippen LogP contribution in [0.25, 0.3) is 0 Å². The maximum absolute atomic E-state index is 10.7. The largest absolute Gasteiger partial charge is 0.480 e. The summed E-state index contributed by atoms with van der Waals surface area (Å²) in [5.41, 5.74) is 7.55.